The molecule has 1 heterocycles. The molecule has 0 spiro atoms. The number of aliphatic hydroxyl groups is 1. The molecule has 0 aromatic heterocycles. The average molecular weight is 369 g/mol. The minimum Gasteiger partial charge on any atom is -0.508 e. The molecule has 1 atom stereocenters. The Morgan fingerprint density at radius 2 is 1.85 bits per heavy atom. The lowest BCUT2D eigenvalue weighted by atomic mass is 10.1. The third-order valence-electron chi connectivity index (χ3n) is 4.52. The lowest BCUT2D eigenvalue weighted by Crippen LogP contribution is -2.30. The van der Waals surface area contributed by atoms with Crippen molar-refractivity contribution in [2.24, 2.45) is 0 Å². The van der Waals surface area contributed by atoms with Gasteiger partial charge in [0.25, 0.3) is 11.8 Å². The number of ether oxygens (including phenoxy) is 1. The van der Waals surface area contributed by atoms with Gasteiger partial charge in [-0.3, -0.25) is 9.59 Å². The first-order chi connectivity index (χ1) is 12.8. The summed E-state index contributed by atoms with van der Waals surface area (Å²) in [4.78, 5) is 38.6. The van der Waals surface area contributed by atoms with Gasteiger partial charge in [0, 0.05) is 5.56 Å². The highest BCUT2D eigenvalue weighted by Crippen LogP contribution is 2.34. The van der Waals surface area contributed by atoms with Gasteiger partial charge in [0.05, 0.1) is 28.5 Å². The van der Waals surface area contributed by atoms with E-state index in [1.807, 2.05) is 0 Å². The zero-order chi connectivity index (χ0) is 19.7. The average Bonchev–Trinajstić information content (AvgIpc) is 2.92. The van der Waals surface area contributed by atoms with E-state index in [0.717, 1.165) is 4.90 Å². The number of imide groups is 1. The molecule has 2 aromatic carbocycles. The summed E-state index contributed by atoms with van der Waals surface area (Å²) in [5.74, 6) is -1.81. The number of aromatic hydroxyl groups is 1. The number of aliphatic hydroxyl groups excluding tert-OH is 1. The summed E-state index contributed by atoms with van der Waals surface area (Å²) in [7, 11) is 0. The molecule has 7 heteroatoms. The van der Waals surface area contributed by atoms with Crippen LogP contribution in [0, 0.1) is 6.92 Å². The molecule has 1 unspecified atom stereocenters. The third kappa shape index (κ3) is 3.29. The Hall–Kier alpha value is -3.19. The second-order valence-corrected chi connectivity index (χ2v) is 6.29. The number of nitrogens with zero attached hydrogens (tertiary/aromatic N) is 1. The smallest absolute Gasteiger partial charge is 0.338 e. The zero-order valence-electron chi connectivity index (χ0n) is 14.9. The van der Waals surface area contributed by atoms with Crippen molar-refractivity contribution in [2.75, 3.05) is 11.5 Å². The van der Waals surface area contributed by atoms with Crippen LogP contribution in [0.2, 0.25) is 0 Å². The fourth-order valence-electron chi connectivity index (χ4n) is 2.81. The number of amides is 2. The van der Waals surface area contributed by atoms with Crippen LogP contribution in [0.25, 0.3) is 0 Å². The number of carbonyl (C=O) groups is 3. The molecule has 0 aliphatic carbocycles. The monoisotopic (exact) mass is 369 g/mol. The van der Waals surface area contributed by atoms with Crippen molar-refractivity contribution in [2.45, 2.75) is 26.4 Å². The maximum atomic E-state index is 12.8. The van der Waals surface area contributed by atoms with Gasteiger partial charge in [0.2, 0.25) is 0 Å². The number of phenolic OH excluding ortho intramolecular Hbond substituents is 1. The van der Waals surface area contributed by atoms with E-state index in [1.165, 1.54) is 24.3 Å². The molecule has 2 N–H and O–H groups in total. The summed E-state index contributed by atoms with van der Waals surface area (Å²) >= 11 is 0. The number of rotatable bonds is 5. The van der Waals surface area contributed by atoms with Crippen LogP contribution in [0.5, 0.6) is 5.75 Å². The first-order valence-corrected chi connectivity index (χ1v) is 8.51. The highest BCUT2D eigenvalue weighted by atomic mass is 16.5. The Labute approximate surface area is 155 Å². The molecule has 3 rings (SSSR count). The molecular formula is C20H19NO6. The molecule has 0 saturated carbocycles. The molecule has 7 nitrogen and oxygen atoms in total. The van der Waals surface area contributed by atoms with E-state index in [2.05, 4.69) is 0 Å². The Morgan fingerprint density at radius 1 is 1.15 bits per heavy atom. The van der Waals surface area contributed by atoms with Crippen LogP contribution in [0.4, 0.5) is 5.69 Å². The van der Waals surface area contributed by atoms with Gasteiger partial charge in [-0.2, -0.15) is 0 Å². The van der Waals surface area contributed by atoms with E-state index in [-0.39, 0.29) is 34.7 Å². The van der Waals surface area contributed by atoms with E-state index in [1.54, 1.807) is 26.0 Å². The molecule has 1 aliphatic rings. The molecule has 0 radical (unpaired) electrons. The maximum absolute atomic E-state index is 12.8. The standard InChI is InChI=1S/C20H19NO6/c1-3-13(22)10-27-20(26)12-7-8-14-15(9-12)19(25)21(18(14)24)16-5-4-6-17(23)11(16)2/h4-9,13,22-23H,3,10H2,1-2H3. The van der Waals surface area contributed by atoms with Crippen molar-refractivity contribution in [3.05, 3.63) is 58.7 Å². The van der Waals surface area contributed by atoms with Crippen molar-refractivity contribution in [3.8, 4) is 5.75 Å². The summed E-state index contributed by atoms with van der Waals surface area (Å²) in [5, 5.41) is 19.4. The van der Waals surface area contributed by atoms with Crippen LogP contribution in [0.15, 0.2) is 36.4 Å². The molecule has 0 saturated heterocycles. The van der Waals surface area contributed by atoms with E-state index in [9.17, 15) is 24.6 Å². The molecule has 0 bridgehead atoms. The number of esters is 1. The van der Waals surface area contributed by atoms with Crippen LogP contribution in [-0.4, -0.2) is 40.7 Å². The topological polar surface area (TPSA) is 104 Å². The van der Waals surface area contributed by atoms with E-state index >= 15 is 0 Å². The lowest BCUT2D eigenvalue weighted by Gasteiger charge is -2.17. The van der Waals surface area contributed by atoms with Crippen molar-refractivity contribution in [1.29, 1.82) is 0 Å². The first-order valence-electron chi connectivity index (χ1n) is 8.51. The van der Waals surface area contributed by atoms with Crippen molar-refractivity contribution in [1.82, 2.24) is 0 Å². The molecule has 2 aromatic rings. The minimum absolute atomic E-state index is 0.0252. The number of phenols is 1. The molecule has 140 valence electrons. The predicted octanol–water partition coefficient (Wildman–Crippen LogP) is 2.43. The normalized spacial score (nSPS) is 14.3. The first kappa shape index (κ1) is 18.6. The third-order valence-corrected chi connectivity index (χ3v) is 4.52. The van der Waals surface area contributed by atoms with Gasteiger partial charge >= 0.3 is 5.97 Å². The molecular weight excluding hydrogens is 350 g/mol. The van der Waals surface area contributed by atoms with Crippen LogP contribution in [0.1, 0.15) is 50.0 Å². The largest absolute Gasteiger partial charge is 0.508 e. The second-order valence-electron chi connectivity index (χ2n) is 6.29. The van der Waals surface area contributed by atoms with E-state index in [4.69, 9.17) is 4.74 Å². The summed E-state index contributed by atoms with van der Waals surface area (Å²) < 4.78 is 5.02. The summed E-state index contributed by atoms with van der Waals surface area (Å²) in [6, 6.07) is 8.70. The van der Waals surface area contributed by atoms with Gasteiger partial charge in [-0.05, 0) is 43.7 Å². The van der Waals surface area contributed by atoms with Gasteiger partial charge in [0.1, 0.15) is 12.4 Å². The number of anilines is 1. The predicted molar refractivity (Wildman–Crippen MR) is 97.0 cm³/mol. The summed E-state index contributed by atoms with van der Waals surface area (Å²) in [5.41, 5.74) is 1.07. The highest BCUT2D eigenvalue weighted by molar-refractivity contribution is 6.35. The van der Waals surface area contributed by atoms with Gasteiger partial charge in [-0.25, -0.2) is 9.69 Å². The SMILES string of the molecule is CCC(O)COC(=O)c1ccc2c(c1)C(=O)N(c1cccc(O)c1C)C2=O. The van der Waals surface area contributed by atoms with Crippen LogP contribution < -0.4 is 4.90 Å². The molecule has 1 aliphatic heterocycles. The van der Waals surface area contributed by atoms with Crippen LogP contribution in [0.3, 0.4) is 0 Å². The quantitative estimate of drug-likeness (QED) is 0.620. The second kappa shape index (κ2) is 7.20. The number of benzene rings is 2. The Balaban J connectivity index is 1.91. The number of hydrogen-bond donors (Lipinski definition) is 2. The van der Waals surface area contributed by atoms with Crippen molar-refractivity contribution in [3.63, 3.8) is 0 Å². The molecule has 0 fully saturated rings. The fourth-order valence-corrected chi connectivity index (χ4v) is 2.81. The van der Waals surface area contributed by atoms with Gasteiger partial charge < -0.3 is 14.9 Å². The van der Waals surface area contributed by atoms with E-state index < -0.39 is 23.9 Å². The highest BCUT2D eigenvalue weighted by Gasteiger charge is 2.38. The summed E-state index contributed by atoms with van der Waals surface area (Å²) in [6.45, 7) is 3.22. The zero-order valence-corrected chi connectivity index (χ0v) is 14.9. The Bertz CT molecular complexity index is 936. The lowest BCUT2D eigenvalue weighted by molar-refractivity contribution is 0.0250. The molecule has 27 heavy (non-hydrogen) atoms. The fraction of sp³-hybridized carbons (Fsp3) is 0.250. The van der Waals surface area contributed by atoms with Gasteiger partial charge in [-0.15, -0.1) is 0 Å². The van der Waals surface area contributed by atoms with Crippen LogP contribution >= 0.6 is 0 Å². The van der Waals surface area contributed by atoms with Crippen molar-refractivity contribution < 1.29 is 29.3 Å². The van der Waals surface area contributed by atoms with Gasteiger partial charge in [0.15, 0.2) is 0 Å². The number of carbonyl (C=O) groups excluding carboxylic acids is 3. The van der Waals surface area contributed by atoms with Crippen LogP contribution in [-0.2, 0) is 4.74 Å². The number of hydrogen-bond acceptors (Lipinski definition) is 6. The van der Waals surface area contributed by atoms with Gasteiger partial charge in [-0.1, -0.05) is 13.0 Å². The summed E-state index contributed by atoms with van der Waals surface area (Å²) in [6.07, 6.45) is -0.307. The number of fused-ring (bicyclic) bond motifs is 1. The Kier molecular flexibility index (Phi) is 4.96. The minimum atomic E-state index is -0.754. The molecule has 2 amide bonds. The van der Waals surface area contributed by atoms with Crippen molar-refractivity contribution >= 4 is 23.5 Å². The maximum Gasteiger partial charge on any atom is 0.338 e. The Morgan fingerprint density at radius 3 is 2.56 bits per heavy atom. The van der Waals surface area contributed by atoms with E-state index in [0.29, 0.717) is 12.0 Å².